The molecule has 0 heterocycles. The quantitative estimate of drug-likeness (QED) is 0.935. The van der Waals surface area contributed by atoms with Crippen molar-refractivity contribution in [2.24, 2.45) is 5.73 Å². The molecule has 0 fully saturated rings. The highest BCUT2D eigenvalue weighted by Gasteiger charge is 2.08. The third kappa shape index (κ3) is 3.40. The minimum Gasteiger partial charge on any atom is -0.488 e. The van der Waals surface area contributed by atoms with Crippen LogP contribution in [0, 0.1) is 0 Å². The van der Waals surface area contributed by atoms with Crippen LogP contribution < -0.4 is 10.5 Å². The van der Waals surface area contributed by atoms with Crippen LogP contribution in [0.2, 0.25) is 10.0 Å². The Bertz CT molecular complexity index is 614. The summed E-state index contributed by atoms with van der Waals surface area (Å²) in [5.41, 5.74) is 6.47. The molecule has 0 aliphatic heterocycles. The number of benzene rings is 2. The van der Waals surface area contributed by atoms with E-state index in [1.54, 1.807) is 42.5 Å². The second-order valence-corrected chi connectivity index (χ2v) is 4.71. The molecule has 3 nitrogen and oxygen atoms in total. The van der Waals surface area contributed by atoms with Gasteiger partial charge in [0.15, 0.2) is 0 Å². The van der Waals surface area contributed by atoms with Gasteiger partial charge in [-0.25, -0.2) is 0 Å². The second-order valence-electron chi connectivity index (χ2n) is 3.90. The van der Waals surface area contributed by atoms with Crippen LogP contribution in [0.5, 0.6) is 5.75 Å². The molecule has 19 heavy (non-hydrogen) atoms. The van der Waals surface area contributed by atoms with Crippen molar-refractivity contribution in [1.82, 2.24) is 0 Å². The van der Waals surface area contributed by atoms with Crippen molar-refractivity contribution in [2.45, 2.75) is 6.61 Å². The molecule has 2 aromatic carbocycles. The molecule has 0 atom stereocenters. The molecule has 1 amide bonds. The molecule has 5 heteroatoms. The van der Waals surface area contributed by atoms with Crippen molar-refractivity contribution < 1.29 is 9.53 Å². The summed E-state index contributed by atoms with van der Waals surface area (Å²) in [6.07, 6.45) is 0. The molecule has 0 aliphatic rings. The lowest BCUT2D eigenvalue weighted by Crippen LogP contribution is -2.12. The Morgan fingerprint density at radius 2 is 1.84 bits per heavy atom. The maximum atomic E-state index is 11.2. The van der Waals surface area contributed by atoms with E-state index in [0.717, 1.165) is 5.56 Å². The lowest BCUT2D eigenvalue weighted by Gasteiger charge is -2.09. The van der Waals surface area contributed by atoms with Gasteiger partial charge >= 0.3 is 0 Å². The van der Waals surface area contributed by atoms with E-state index in [2.05, 4.69) is 0 Å². The molecule has 2 rings (SSSR count). The molecule has 0 aliphatic carbocycles. The molecule has 2 N–H and O–H groups in total. The second kappa shape index (κ2) is 5.95. The number of carbonyl (C=O) groups is 1. The average molecular weight is 296 g/mol. The Morgan fingerprint density at radius 1 is 1.11 bits per heavy atom. The SMILES string of the molecule is NC(=O)c1ccccc1OCc1ccc(Cl)c(Cl)c1. The van der Waals surface area contributed by atoms with Gasteiger partial charge in [-0.3, -0.25) is 4.79 Å². The summed E-state index contributed by atoms with van der Waals surface area (Å²) in [6, 6.07) is 12.0. The molecule has 0 spiro atoms. The summed E-state index contributed by atoms with van der Waals surface area (Å²) in [6.45, 7) is 0.279. The predicted octanol–water partition coefficient (Wildman–Crippen LogP) is 3.67. The summed E-state index contributed by atoms with van der Waals surface area (Å²) in [5.74, 6) is -0.0780. The molecule has 0 radical (unpaired) electrons. The first-order valence-electron chi connectivity index (χ1n) is 5.53. The Labute approximate surface area is 120 Å². The summed E-state index contributed by atoms with van der Waals surface area (Å²) in [7, 11) is 0. The van der Waals surface area contributed by atoms with E-state index in [0.29, 0.717) is 21.4 Å². The van der Waals surface area contributed by atoms with E-state index in [1.807, 2.05) is 0 Å². The molecular formula is C14H11Cl2NO2. The zero-order valence-corrected chi connectivity index (χ0v) is 11.4. The zero-order valence-electron chi connectivity index (χ0n) is 9.90. The summed E-state index contributed by atoms with van der Waals surface area (Å²) >= 11 is 11.7. The first-order chi connectivity index (χ1) is 9.08. The van der Waals surface area contributed by atoms with Gasteiger partial charge in [-0.1, -0.05) is 41.4 Å². The van der Waals surface area contributed by atoms with Crippen LogP contribution in [0.1, 0.15) is 15.9 Å². The number of ether oxygens (including phenoxy) is 1. The lowest BCUT2D eigenvalue weighted by molar-refractivity contribution is 0.0996. The zero-order chi connectivity index (χ0) is 13.8. The Morgan fingerprint density at radius 3 is 2.53 bits per heavy atom. The number of carbonyl (C=O) groups excluding carboxylic acids is 1. The first-order valence-corrected chi connectivity index (χ1v) is 6.29. The van der Waals surface area contributed by atoms with Crippen LogP contribution in [0.4, 0.5) is 0 Å². The highest BCUT2D eigenvalue weighted by molar-refractivity contribution is 6.42. The van der Waals surface area contributed by atoms with Crippen LogP contribution in [-0.4, -0.2) is 5.91 Å². The molecule has 2 aromatic rings. The van der Waals surface area contributed by atoms with Crippen molar-refractivity contribution in [3.63, 3.8) is 0 Å². The number of halogens is 2. The highest BCUT2D eigenvalue weighted by Crippen LogP contribution is 2.24. The normalized spacial score (nSPS) is 10.2. The number of amides is 1. The van der Waals surface area contributed by atoms with E-state index in [-0.39, 0.29) is 6.61 Å². The van der Waals surface area contributed by atoms with E-state index in [9.17, 15) is 4.79 Å². The third-order valence-corrected chi connectivity index (χ3v) is 3.27. The van der Waals surface area contributed by atoms with Gasteiger partial charge in [-0.15, -0.1) is 0 Å². The third-order valence-electron chi connectivity index (χ3n) is 2.53. The van der Waals surface area contributed by atoms with Crippen molar-refractivity contribution in [3.05, 3.63) is 63.6 Å². The Balaban J connectivity index is 2.14. The predicted molar refractivity (Wildman–Crippen MR) is 75.8 cm³/mol. The molecule has 0 bridgehead atoms. The van der Waals surface area contributed by atoms with Gasteiger partial charge in [-0.05, 0) is 29.8 Å². The Kier molecular flexibility index (Phi) is 4.30. The maximum absolute atomic E-state index is 11.2. The molecule has 0 unspecified atom stereocenters. The van der Waals surface area contributed by atoms with Crippen LogP contribution in [0.3, 0.4) is 0 Å². The van der Waals surface area contributed by atoms with Crippen molar-refractivity contribution in [3.8, 4) is 5.75 Å². The lowest BCUT2D eigenvalue weighted by atomic mass is 10.2. The molecule has 0 aromatic heterocycles. The minimum atomic E-state index is -0.523. The van der Waals surface area contributed by atoms with E-state index >= 15 is 0 Å². The van der Waals surface area contributed by atoms with Crippen molar-refractivity contribution >= 4 is 29.1 Å². The van der Waals surface area contributed by atoms with E-state index < -0.39 is 5.91 Å². The van der Waals surface area contributed by atoms with Crippen LogP contribution in [0.15, 0.2) is 42.5 Å². The number of hydrogen-bond acceptors (Lipinski definition) is 2. The number of para-hydroxylation sites is 1. The maximum Gasteiger partial charge on any atom is 0.252 e. The topological polar surface area (TPSA) is 52.3 Å². The van der Waals surface area contributed by atoms with Crippen LogP contribution >= 0.6 is 23.2 Å². The average Bonchev–Trinajstić information content (AvgIpc) is 2.40. The van der Waals surface area contributed by atoms with Gasteiger partial charge in [0.1, 0.15) is 12.4 Å². The standard InChI is InChI=1S/C14H11Cl2NO2/c15-11-6-5-9(7-12(11)16)8-19-13-4-2-1-3-10(13)14(17)18/h1-7H,8H2,(H2,17,18). The van der Waals surface area contributed by atoms with Crippen molar-refractivity contribution in [2.75, 3.05) is 0 Å². The molecule has 0 saturated heterocycles. The monoisotopic (exact) mass is 295 g/mol. The highest BCUT2D eigenvalue weighted by atomic mass is 35.5. The van der Waals surface area contributed by atoms with E-state index in [1.165, 1.54) is 0 Å². The fourth-order valence-corrected chi connectivity index (χ4v) is 1.91. The minimum absolute atomic E-state index is 0.279. The van der Waals surface area contributed by atoms with Gasteiger partial charge < -0.3 is 10.5 Å². The van der Waals surface area contributed by atoms with Crippen LogP contribution in [-0.2, 0) is 6.61 Å². The van der Waals surface area contributed by atoms with Gasteiger partial charge in [0.25, 0.3) is 5.91 Å². The Hall–Kier alpha value is -1.71. The molecular weight excluding hydrogens is 285 g/mol. The number of nitrogens with two attached hydrogens (primary N) is 1. The fourth-order valence-electron chi connectivity index (χ4n) is 1.59. The number of hydrogen-bond donors (Lipinski definition) is 1. The molecule has 98 valence electrons. The number of primary amides is 1. The summed E-state index contributed by atoms with van der Waals surface area (Å²) in [5, 5.41) is 0.953. The van der Waals surface area contributed by atoms with Crippen molar-refractivity contribution in [1.29, 1.82) is 0 Å². The summed E-state index contributed by atoms with van der Waals surface area (Å²) < 4.78 is 5.58. The largest absolute Gasteiger partial charge is 0.488 e. The van der Waals surface area contributed by atoms with Gasteiger partial charge in [0.05, 0.1) is 15.6 Å². The van der Waals surface area contributed by atoms with Gasteiger partial charge in [0, 0.05) is 0 Å². The first kappa shape index (κ1) is 13.7. The van der Waals surface area contributed by atoms with E-state index in [4.69, 9.17) is 33.7 Å². The summed E-state index contributed by atoms with van der Waals surface area (Å²) in [4.78, 5) is 11.2. The number of rotatable bonds is 4. The van der Waals surface area contributed by atoms with Gasteiger partial charge in [0.2, 0.25) is 0 Å². The van der Waals surface area contributed by atoms with Gasteiger partial charge in [-0.2, -0.15) is 0 Å². The smallest absolute Gasteiger partial charge is 0.252 e. The fraction of sp³-hybridized carbons (Fsp3) is 0.0714. The van der Waals surface area contributed by atoms with Crippen LogP contribution in [0.25, 0.3) is 0 Å². The molecule has 0 saturated carbocycles.